The Morgan fingerprint density at radius 2 is 2.00 bits per heavy atom. The topological polar surface area (TPSA) is 58.6 Å². The lowest BCUT2D eigenvalue weighted by Crippen LogP contribution is -2.63. The molecule has 2 atom stereocenters. The van der Waals surface area contributed by atoms with E-state index in [0.29, 0.717) is 32.1 Å². The predicted octanol–water partition coefficient (Wildman–Crippen LogP) is 1.95. The highest BCUT2D eigenvalue weighted by Gasteiger charge is 2.39. The number of nitrogens with zero attached hydrogens (tertiary/aromatic N) is 1. The second-order valence-corrected chi connectivity index (χ2v) is 6.08. The molecule has 1 N–H and O–H groups in total. The molecular weight excluding hydrogens is 268 g/mol. The highest BCUT2D eigenvalue weighted by molar-refractivity contribution is 5.96. The summed E-state index contributed by atoms with van der Waals surface area (Å²) in [6.07, 6.45) is 3.09. The van der Waals surface area contributed by atoms with Crippen molar-refractivity contribution in [2.24, 2.45) is 5.92 Å². The molecule has 0 aromatic carbocycles. The van der Waals surface area contributed by atoms with Crippen LogP contribution in [0.2, 0.25) is 0 Å². The van der Waals surface area contributed by atoms with Crippen molar-refractivity contribution in [3.63, 3.8) is 0 Å². The number of piperazine rings is 1. The zero-order valence-electron chi connectivity index (χ0n) is 13.9. The summed E-state index contributed by atoms with van der Waals surface area (Å²) < 4.78 is 5.33. The van der Waals surface area contributed by atoms with Crippen LogP contribution in [0.3, 0.4) is 0 Å². The van der Waals surface area contributed by atoms with Crippen molar-refractivity contribution in [3.05, 3.63) is 0 Å². The van der Waals surface area contributed by atoms with Crippen LogP contribution >= 0.6 is 0 Å². The van der Waals surface area contributed by atoms with Crippen LogP contribution in [-0.2, 0) is 14.3 Å². The lowest BCUT2D eigenvalue weighted by atomic mass is 9.96. The Morgan fingerprint density at radius 3 is 2.57 bits per heavy atom. The highest BCUT2D eigenvalue weighted by atomic mass is 16.5. The fourth-order valence-electron chi connectivity index (χ4n) is 2.76. The molecule has 0 radical (unpaired) electrons. The molecule has 1 fully saturated rings. The molecule has 2 amide bonds. The van der Waals surface area contributed by atoms with Gasteiger partial charge in [0.15, 0.2) is 0 Å². The Kier molecular flexibility index (Phi) is 7.72. The van der Waals surface area contributed by atoms with Crippen LogP contribution in [-0.4, -0.2) is 48.6 Å². The van der Waals surface area contributed by atoms with Gasteiger partial charge in [-0.1, -0.05) is 27.2 Å². The van der Waals surface area contributed by atoms with Crippen LogP contribution in [0.25, 0.3) is 0 Å². The fraction of sp³-hybridized carbons (Fsp3) is 0.875. The first kappa shape index (κ1) is 18.0. The van der Waals surface area contributed by atoms with E-state index in [1.165, 1.54) is 0 Å². The number of amides is 2. The largest absolute Gasteiger partial charge is 0.382 e. The summed E-state index contributed by atoms with van der Waals surface area (Å²) in [6, 6.07) is -0.676. The van der Waals surface area contributed by atoms with E-state index in [1.807, 2.05) is 13.8 Å². The smallest absolute Gasteiger partial charge is 0.245 e. The molecule has 1 saturated heterocycles. The normalized spacial score (nSPS) is 22.8. The number of hydrogen-bond acceptors (Lipinski definition) is 3. The Morgan fingerprint density at radius 1 is 1.29 bits per heavy atom. The number of rotatable bonds is 9. The Bertz CT molecular complexity index is 344. The highest BCUT2D eigenvalue weighted by Crippen LogP contribution is 2.19. The van der Waals surface area contributed by atoms with Gasteiger partial charge < -0.3 is 15.0 Å². The standard InChI is InChI=1S/C16H30N2O3/c1-5-8-14-15(19)17-13(11-12(3)4)16(20)18(14)9-7-10-21-6-2/h12-14H,5-11H2,1-4H3,(H,17,19). The van der Waals surface area contributed by atoms with Crippen molar-refractivity contribution in [3.8, 4) is 0 Å². The number of carbonyl (C=O) groups is 2. The monoisotopic (exact) mass is 298 g/mol. The lowest BCUT2D eigenvalue weighted by molar-refractivity contribution is -0.150. The number of nitrogens with one attached hydrogen (secondary N) is 1. The molecule has 1 aliphatic heterocycles. The molecule has 5 nitrogen and oxygen atoms in total. The van der Waals surface area contributed by atoms with Crippen LogP contribution in [0.15, 0.2) is 0 Å². The first-order valence-electron chi connectivity index (χ1n) is 8.19. The summed E-state index contributed by atoms with van der Waals surface area (Å²) in [6.45, 7) is 10.0. The molecule has 1 heterocycles. The third-order valence-corrected chi connectivity index (χ3v) is 3.74. The molecule has 0 aliphatic carbocycles. The Labute approximate surface area is 128 Å². The summed E-state index contributed by atoms with van der Waals surface area (Å²) >= 11 is 0. The maximum atomic E-state index is 12.6. The number of hydrogen-bond donors (Lipinski definition) is 1. The molecule has 1 aliphatic rings. The van der Waals surface area contributed by atoms with Crippen molar-refractivity contribution in [1.82, 2.24) is 10.2 Å². The minimum Gasteiger partial charge on any atom is -0.382 e. The molecule has 122 valence electrons. The maximum Gasteiger partial charge on any atom is 0.245 e. The number of carbonyl (C=O) groups excluding carboxylic acids is 2. The minimum absolute atomic E-state index is 0.00138. The molecule has 0 saturated carbocycles. The van der Waals surface area contributed by atoms with Gasteiger partial charge in [0.25, 0.3) is 0 Å². The van der Waals surface area contributed by atoms with Gasteiger partial charge in [0.1, 0.15) is 12.1 Å². The summed E-state index contributed by atoms with van der Waals surface area (Å²) in [5.41, 5.74) is 0. The predicted molar refractivity (Wildman–Crippen MR) is 82.9 cm³/mol. The first-order chi connectivity index (χ1) is 10.0. The van der Waals surface area contributed by atoms with Crippen LogP contribution in [0.1, 0.15) is 53.4 Å². The van der Waals surface area contributed by atoms with Gasteiger partial charge in [0.2, 0.25) is 11.8 Å². The summed E-state index contributed by atoms with van der Waals surface area (Å²) in [5.74, 6) is 0.448. The Balaban J connectivity index is 2.72. The maximum absolute atomic E-state index is 12.6. The summed E-state index contributed by atoms with van der Waals surface area (Å²) in [4.78, 5) is 26.7. The average Bonchev–Trinajstić information content (AvgIpc) is 2.42. The van der Waals surface area contributed by atoms with Gasteiger partial charge in [0.05, 0.1) is 0 Å². The molecule has 2 unspecified atom stereocenters. The van der Waals surface area contributed by atoms with Crippen LogP contribution in [0, 0.1) is 5.92 Å². The van der Waals surface area contributed by atoms with E-state index in [-0.39, 0.29) is 23.9 Å². The van der Waals surface area contributed by atoms with Crippen LogP contribution < -0.4 is 5.32 Å². The van der Waals surface area contributed by atoms with Gasteiger partial charge in [-0.25, -0.2) is 0 Å². The van der Waals surface area contributed by atoms with Gasteiger partial charge in [0, 0.05) is 19.8 Å². The van der Waals surface area contributed by atoms with Crippen molar-refractivity contribution in [2.45, 2.75) is 65.5 Å². The molecule has 1 rings (SSSR count). The molecule has 0 spiro atoms. The Hall–Kier alpha value is -1.10. The molecule has 0 aromatic heterocycles. The van der Waals surface area contributed by atoms with E-state index >= 15 is 0 Å². The SMILES string of the molecule is CCCC1C(=O)NC(CC(C)C)C(=O)N1CCCOCC. The van der Waals surface area contributed by atoms with E-state index < -0.39 is 0 Å². The van der Waals surface area contributed by atoms with Crippen molar-refractivity contribution in [2.75, 3.05) is 19.8 Å². The van der Waals surface area contributed by atoms with Crippen LogP contribution in [0.4, 0.5) is 0 Å². The van der Waals surface area contributed by atoms with Crippen molar-refractivity contribution in [1.29, 1.82) is 0 Å². The molecular formula is C16H30N2O3. The van der Waals surface area contributed by atoms with E-state index in [4.69, 9.17) is 4.74 Å². The fourth-order valence-corrected chi connectivity index (χ4v) is 2.76. The van der Waals surface area contributed by atoms with E-state index in [9.17, 15) is 9.59 Å². The zero-order chi connectivity index (χ0) is 15.8. The molecule has 21 heavy (non-hydrogen) atoms. The zero-order valence-corrected chi connectivity index (χ0v) is 13.9. The first-order valence-corrected chi connectivity index (χ1v) is 8.19. The van der Waals surface area contributed by atoms with Gasteiger partial charge in [-0.3, -0.25) is 9.59 Å². The van der Waals surface area contributed by atoms with Gasteiger partial charge in [-0.05, 0) is 32.1 Å². The molecule has 0 aromatic rings. The van der Waals surface area contributed by atoms with Crippen molar-refractivity contribution >= 4 is 11.8 Å². The van der Waals surface area contributed by atoms with E-state index in [2.05, 4.69) is 19.2 Å². The third-order valence-electron chi connectivity index (χ3n) is 3.74. The van der Waals surface area contributed by atoms with Gasteiger partial charge in [-0.2, -0.15) is 0 Å². The van der Waals surface area contributed by atoms with E-state index in [1.54, 1.807) is 4.90 Å². The van der Waals surface area contributed by atoms with Gasteiger partial charge in [-0.15, -0.1) is 0 Å². The summed E-state index contributed by atoms with van der Waals surface area (Å²) in [5, 5.41) is 2.90. The van der Waals surface area contributed by atoms with Crippen LogP contribution in [0.5, 0.6) is 0 Å². The average molecular weight is 298 g/mol. The van der Waals surface area contributed by atoms with Gasteiger partial charge >= 0.3 is 0 Å². The number of ether oxygens (including phenoxy) is 1. The quantitative estimate of drug-likeness (QED) is 0.662. The summed E-state index contributed by atoms with van der Waals surface area (Å²) in [7, 11) is 0. The minimum atomic E-state index is -0.363. The van der Waals surface area contributed by atoms with E-state index in [0.717, 1.165) is 19.3 Å². The second kappa shape index (κ2) is 9.03. The second-order valence-electron chi connectivity index (χ2n) is 6.08. The lowest BCUT2D eigenvalue weighted by Gasteiger charge is -2.39. The third kappa shape index (κ3) is 5.30. The van der Waals surface area contributed by atoms with Crippen molar-refractivity contribution < 1.29 is 14.3 Å². The molecule has 5 heteroatoms. The molecule has 0 bridgehead atoms.